The standard InChI is InChI=1S/C14H12FNOS/c1-18-13-7-5-12(6-8-13)16-14(17)10-3-2-4-11(15)9-10/h2-9H,1H3,(H,16,17). The minimum absolute atomic E-state index is 0.309. The predicted molar refractivity (Wildman–Crippen MR) is 72.6 cm³/mol. The van der Waals surface area contributed by atoms with Crippen LogP contribution in [0.25, 0.3) is 0 Å². The number of nitrogens with one attached hydrogen (secondary N) is 1. The number of hydrogen-bond acceptors (Lipinski definition) is 2. The second kappa shape index (κ2) is 5.69. The Kier molecular flexibility index (Phi) is 3.99. The molecule has 1 N–H and O–H groups in total. The van der Waals surface area contributed by atoms with E-state index in [1.54, 1.807) is 17.8 Å². The molecule has 92 valence electrons. The van der Waals surface area contributed by atoms with Gasteiger partial charge in [0.05, 0.1) is 0 Å². The molecule has 2 aromatic rings. The largest absolute Gasteiger partial charge is 0.322 e. The number of rotatable bonds is 3. The van der Waals surface area contributed by atoms with Crippen LogP contribution in [0.2, 0.25) is 0 Å². The Balaban J connectivity index is 2.11. The molecule has 0 spiro atoms. The normalized spacial score (nSPS) is 10.1. The van der Waals surface area contributed by atoms with Gasteiger partial charge >= 0.3 is 0 Å². The van der Waals surface area contributed by atoms with Crippen LogP contribution in [0, 0.1) is 5.82 Å². The Hall–Kier alpha value is -1.81. The second-order valence-corrected chi connectivity index (χ2v) is 4.57. The number of anilines is 1. The quantitative estimate of drug-likeness (QED) is 0.851. The number of amides is 1. The monoisotopic (exact) mass is 261 g/mol. The van der Waals surface area contributed by atoms with Gasteiger partial charge < -0.3 is 5.32 Å². The number of carbonyl (C=O) groups is 1. The summed E-state index contributed by atoms with van der Waals surface area (Å²) < 4.78 is 13.0. The number of halogens is 1. The third kappa shape index (κ3) is 3.11. The maximum Gasteiger partial charge on any atom is 0.255 e. The highest BCUT2D eigenvalue weighted by Gasteiger charge is 2.06. The van der Waals surface area contributed by atoms with Crippen molar-refractivity contribution in [3.8, 4) is 0 Å². The van der Waals surface area contributed by atoms with E-state index in [-0.39, 0.29) is 5.91 Å². The molecular formula is C14H12FNOS. The first-order chi connectivity index (χ1) is 8.69. The molecule has 1 amide bonds. The van der Waals surface area contributed by atoms with Crippen molar-refractivity contribution >= 4 is 23.4 Å². The molecular weight excluding hydrogens is 249 g/mol. The topological polar surface area (TPSA) is 29.1 Å². The molecule has 0 saturated heterocycles. The zero-order valence-corrected chi connectivity index (χ0v) is 10.6. The molecule has 0 aromatic heterocycles. The Bertz CT molecular complexity index is 554. The van der Waals surface area contributed by atoms with Crippen LogP contribution in [-0.4, -0.2) is 12.2 Å². The first kappa shape index (κ1) is 12.6. The average molecular weight is 261 g/mol. The number of hydrogen-bond donors (Lipinski definition) is 1. The van der Waals surface area contributed by atoms with Crippen molar-refractivity contribution in [1.82, 2.24) is 0 Å². The van der Waals surface area contributed by atoms with Crippen LogP contribution >= 0.6 is 11.8 Å². The van der Waals surface area contributed by atoms with Gasteiger partial charge in [0.15, 0.2) is 0 Å². The predicted octanol–water partition coefficient (Wildman–Crippen LogP) is 3.80. The lowest BCUT2D eigenvalue weighted by atomic mass is 10.2. The van der Waals surface area contributed by atoms with E-state index < -0.39 is 5.82 Å². The molecule has 0 heterocycles. The number of carbonyl (C=O) groups excluding carboxylic acids is 1. The first-order valence-corrected chi connectivity index (χ1v) is 6.62. The summed E-state index contributed by atoms with van der Waals surface area (Å²) >= 11 is 1.63. The van der Waals surface area contributed by atoms with E-state index in [2.05, 4.69) is 5.32 Å². The Morgan fingerprint density at radius 3 is 2.50 bits per heavy atom. The van der Waals surface area contributed by atoms with Gasteiger partial charge in [0.2, 0.25) is 0 Å². The van der Waals surface area contributed by atoms with E-state index in [9.17, 15) is 9.18 Å². The SMILES string of the molecule is CSc1ccc(NC(=O)c2cccc(F)c2)cc1. The van der Waals surface area contributed by atoms with Gasteiger partial charge in [-0.05, 0) is 48.7 Å². The second-order valence-electron chi connectivity index (χ2n) is 3.69. The van der Waals surface area contributed by atoms with E-state index in [0.717, 1.165) is 4.90 Å². The molecule has 0 aliphatic heterocycles. The molecule has 2 rings (SSSR count). The summed E-state index contributed by atoms with van der Waals surface area (Å²) in [5.74, 6) is -0.730. The lowest BCUT2D eigenvalue weighted by Crippen LogP contribution is -2.11. The van der Waals surface area contributed by atoms with Crippen LogP contribution in [0.3, 0.4) is 0 Å². The van der Waals surface area contributed by atoms with Gasteiger partial charge in [0.25, 0.3) is 5.91 Å². The van der Waals surface area contributed by atoms with Crippen molar-refractivity contribution in [1.29, 1.82) is 0 Å². The van der Waals surface area contributed by atoms with Gasteiger partial charge in [-0.25, -0.2) is 4.39 Å². The summed E-state index contributed by atoms with van der Waals surface area (Å²) in [6.45, 7) is 0. The van der Waals surface area contributed by atoms with Gasteiger partial charge in [-0.15, -0.1) is 11.8 Å². The molecule has 0 radical (unpaired) electrons. The summed E-state index contributed by atoms with van der Waals surface area (Å²) in [5, 5.41) is 2.72. The van der Waals surface area contributed by atoms with Crippen molar-refractivity contribution in [2.24, 2.45) is 0 Å². The molecule has 0 unspecified atom stereocenters. The third-order valence-corrected chi connectivity index (χ3v) is 3.18. The van der Waals surface area contributed by atoms with E-state index in [4.69, 9.17) is 0 Å². The Morgan fingerprint density at radius 2 is 1.89 bits per heavy atom. The average Bonchev–Trinajstić information content (AvgIpc) is 2.39. The summed E-state index contributed by atoms with van der Waals surface area (Å²) in [4.78, 5) is 13.0. The Labute approximate surface area is 109 Å². The number of benzene rings is 2. The van der Waals surface area contributed by atoms with Crippen molar-refractivity contribution in [3.05, 3.63) is 59.9 Å². The molecule has 0 bridgehead atoms. The van der Waals surface area contributed by atoms with Gasteiger partial charge in [-0.3, -0.25) is 4.79 Å². The lowest BCUT2D eigenvalue weighted by molar-refractivity contribution is 0.102. The van der Waals surface area contributed by atoms with Crippen LogP contribution < -0.4 is 5.32 Å². The van der Waals surface area contributed by atoms with Crippen LogP contribution in [0.1, 0.15) is 10.4 Å². The van der Waals surface area contributed by atoms with Crippen LogP contribution in [0.4, 0.5) is 10.1 Å². The summed E-state index contributed by atoms with van der Waals surface area (Å²) in [7, 11) is 0. The summed E-state index contributed by atoms with van der Waals surface area (Å²) in [6.07, 6.45) is 1.99. The van der Waals surface area contributed by atoms with Gasteiger partial charge in [-0.1, -0.05) is 6.07 Å². The van der Waals surface area contributed by atoms with Crippen LogP contribution in [0.5, 0.6) is 0 Å². The molecule has 2 aromatic carbocycles. The van der Waals surface area contributed by atoms with E-state index in [0.29, 0.717) is 11.3 Å². The zero-order chi connectivity index (χ0) is 13.0. The van der Waals surface area contributed by atoms with Crippen LogP contribution in [-0.2, 0) is 0 Å². The maximum atomic E-state index is 13.0. The highest BCUT2D eigenvalue weighted by molar-refractivity contribution is 7.98. The summed E-state index contributed by atoms with van der Waals surface area (Å²) in [6, 6.07) is 13.1. The number of thioether (sulfide) groups is 1. The molecule has 0 aliphatic carbocycles. The van der Waals surface area contributed by atoms with Crippen molar-refractivity contribution in [3.63, 3.8) is 0 Å². The van der Waals surface area contributed by atoms with Crippen LogP contribution in [0.15, 0.2) is 53.4 Å². The zero-order valence-electron chi connectivity index (χ0n) is 9.81. The first-order valence-electron chi connectivity index (χ1n) is 5.40. The maximum absolute atomic E-state index is 13.0. The van der Waals surface area contributed by atoms with Crippen molar-refractivity contribution < 1.29 is 9.18 Å². The van der Waals surface area contributed by atoms with Crippen molar-refractivity contribution in [2.75, 3.05) is 11.6 Å². The molecule has 2 nitrogen and oxygen atoms in total. The van der Waals surface area contributed by atoms with E-state index in [1.165, 1.54) is 18.2 Å². The third-order valence-electron chi connectivity index (χ3n) is 2.43. The van der Waals surface area contributed by atoms with Crippen molar-refractivity contribution in [2.45, 2.75) is 4.90 Å². The van der Waals surface area contributed by atoms with Gasteiger partial charge in [0, 0.05) is 16.1 Å². The summed E-state index contributed by atoms with van der Waals surface area (Å²) in [5.41, 5.74) is 1.01. The van der Waals surface area contributed by atoms with E-state index in [1.807, 2.05) is 30.5 Å². The van der Waals surface area contributed by atoms with Gasteiger partial charge in [0.1, 0.15) is 5.82 Å². The van der Waals surface area contributed by atoms with E-state index >= 15 is 0 Å². The molecule has 0 aliphatic rings. The fourth-order valence-corrected chi connectivity index (χ4v) is 1.92. The molecule has 18 heavy (non-hydrogen) atoms. The lowest BCUT2D eigenvalue weighted by Gasteiger charge is -2.06. The highest BCUT2D eigenvalue weighted by atomic mass is 32.2. The minimum atomic E-state index is -0.416. The molecule has 0 atom stereocenters. The molecule has 4 heteroatoms. The molecule has 0 saturated carbocycles. The highest BCUT2D eigenvalue weighted by Crippen LogP contribution is 2.18. The fraction of sp³-hybridized carbons (Fsp3) is 0.0714. The van der Waals surface area contributed by atoms with Gasteiger partial charge in [-0.2, -0.15) is 0 Å². The smallest absolute Gasteiger partial charge is 0.255 e. The molecule has 0 fully saturated rings. The minimum Gasteiger partial charge on any atom is -0.322 e. The Morgan fingerprint density at radius 1 is 1.17 bits per heavy atom. The fourth-order valence-electron chi connectivity index (χ4n) is 1.51.